The highest BCUT2D eigenvalue weighted by atomic mass is 15.2. The molecule has 430 valence electrons. The molecule has 12 aromatic rings. The number of rotatable bonds is 12. The minimum Gasteiger partial charge on any atom is -0.310 e. The first-order chi connectivity index (χ1) is 42.6. The molecule has 0 aromatic heterocycles. The molecule has 0 saturated heterocycles. The maximum Gasteiger partial charge on any atom is 0.0544 e. The summed E-state index contributed by atoms with van der Waals surface area (Å²) in [4.78, 5) is 9.76. The van der Waals surface area contributed by atoms with Gasteiger partial charge in [-0.3, -0.25) is 0 Å². The molecule has 2 aliphatic rings. The van der Waals surface area contributed by atoms with Crippen LogP contribution in [0.1, 0.15) is 83.3 Å². The number of hydrogen-bond acceptors (Lipinski definition) is 4. The molecule has 0 N–H and O–H groups in total. The summed E-state index contributed by atoms with van der Waals surface area (Å²) in [5.41, 5.74) is 33.0. The molecular formula is C84H74N4. The lowest BCUT2D eigenvalue weighted by Crippen LogP contribution is -2.38. The van der Waals surface area contributed by atoms with Crippen molar-refractivity contribution < 1.29 is 0 Å². The molecule has 0 atom stereocenters. The lowest BCUT2D eigenvalue weighted by Gasteiger charge is -2.50. The highest BCUT2D eigenvalue weighted by Crippen LogP contribution is 2.62. The van der Waals surface area contributed by atoms with Gasteiger partial charge in [-0.25, -0.2) is 0 Å². The van der Waals surface area contributed by atoms with Crippen molar-refractivity contribution in [3.05, 3.63) is 323 Å². The predicted octanol–water partition coefficient (Wildman–Crippen LogP) is 23.7. The van der Waals surface area contributed by atoms with E-state index in [0.717, 1.165) is 34.1 Å². The van der Waals surface area contributed by atoms with Gasteiger partial charge in [0.15, 0.2) is 0 Å². The molecule has 0 radical (unpaired) electrons. The van der Waals surface area contributed by atoms with Crippen LogP contribution in [0.5, 0.6) is 0 Å². The normalized spacial score (nSPS) is 13.3. The van der Waals surface area contributed by atoms with Gasteiger partial charge in [-0.1, -0.05) is 167 Å². The quantitative estimate of drug-likeness (QED) is 0.121. The number of aryl methyl sites for hydroxylation is 6. The van der Waals surface area contributed by atoms with E-state index in [2.05, 4.69) is 356 Å². The second kappa shape index (κ2) is 22.0. The van der Waals surface area contributed by atoms with Crippen LogP contribution in [0.4, 0.5) is 68.2 Å². The van der Waals surface area contributed by atoms with Crippen LogP contribution in [0.3, 0.4) is 0 Å². The number of para-hydroxylation sites is 3. The topological polar surface area (TPSA) is 13.0 Å². The fourth-order valence-electron chi connectivity index (χ4n) is 13.9. The molecule has 4 heteroatoms. The molecule has 88 heavy (non-hydrogen) atoms. The number of benzene rings is 12. The Morgan fingerprint density at radius 1 is 0.250 bits per heavy atom. The van der Waals surface area contributed by atoms with Crippen molar-refractivity contribution in [2.24, 2.45) is 0 Å². The number of fused-ring (bicyclic) bond motifs is 4. The van der Waals surface area contributed by atoms with Crippen LogP contribution in [0.15, 0.2) is 267 Å². The Balaban J connectivity index is 0.896. The predicted molar refractivity (Wildman–Crippen MR) is 374 cm³/mol. The van der Waals surface area contributed by atoms with Crippen molar-refractivity contribution in [1.82, 2.24) is 0 Å². The third-order valence-electron chi connectivity index (χ3n) is 18.7. The summed E-state index contributed by atoms with van der Waals surface area (Å²) in [5.74, 6) is 0. The molecule has 14 rings (SSSR count). The van der Waals surface area contributed by atoms with E-state index in [1.165, 1.54) is 123 Å². The van der Waals surface area contributed by atoms with Gasteiger partial charge < -0.3 is 19.6 Å². The second-order valence-corrected chi connectivity index (χ2v) is 25.5. The molecule has 0 fully saturated rings. The van der Waals surface area contributed by atoms with E-state index in [4.69, 9.17) is 0 Å². The molecule has 0 saturated carbocycles. The molecule has 2 aliphatic heterocycles. The Kier molecular flexibility index (Phi) is 13.9. The van der Waals surface area contributed by atoms with Gasteiger partial charge in [-0.2, -0.15) is 0 Å². The third kappa shape index (κ3) is 9.74. The van der Waals surface area contributed by atoms with Crippen molar-refractivity contribution >= 4 is 68.2 Å². The maximum absolute atomic E-state index is 2.60. The van der Waals surface area contributed by atoms with Crippen molar-refractivity contribution in [1.29, 1.82) is 0 Å². The minimum atomic E-state index is -0.374. The molecule has 0 aliphatic carbocycles. The first-order valence-corrected chi connectivity index (χ1v) is 31.0. The zero-order valence-corrected chi connectivity index (χ0v) is 52.2. The largest absolute Gasteiger partial charge is 0.310 e. The maximum atomic E-state index is 2.60. The molecule has 2 heterocycles. The summed E-state index contributed by atoms with van der Waals surface area (Å²) in [6, 6.07) is 99.5. The average Bonchev–Trinajstić information content (AvgIpc) is 0.732. The van der Waals surface area contributed by atoms with Gasteiger partial charge >= 0.3 is 0 Å². The number of hydrogen-bond donors (Lipinski definition) is 0. The van der Waals surface area contributed by atoms with E-state index in [1.54, 1.807) is 0 Å². The first-order valence-electron chi connectivity index (χ1n) is 31.0. The van der Waals surface area contributed by atoms with Crippen molar-refractivity contribution in [3.63, 3.8) is 0 Å². The number of nitrogens with zero attached hydrogens (tertiary/aromatic N) is 4. The highest BCUT2D eigenvalue weighted by molar-refractivity contribution is 5.96. The zero-order chi connectivity index (χ0) is 60.6. The smallest absolute Gasteiger partial charge is 0.0544 e. The fraction of sp³-hybridized carbons (Fsp3) is 0.143. The van der Waals surface area contributed by atoms with E-state index >= 15 is 0 Å². The highest BCUT2D eigenvalue weighted by Gasteiger charge is 2.46. The molecule has 0 amide bonds. The van der Waals surface area contributed by atoms with Crippen molar-refractivity contribution in [2.45, 2.75) is 80.1 Å². The molecular weight excluding hydrogens is 1060 g/mol. The Morgan fingerprint density at radius 3 is 0.864 bits per heavy atom. The van der Waals surface area contributed by atoms with Crippen LogP contribution in [0.25, 0.3) is 33.4 Å². The molecule has 4 nitrogen and oxygen atoms in total. The van der Waals surface area contributed by atoms with Crippen LogP contribution in [0, 0.1) is 41.5 Å². The summed E-state index contributed by atoms with van der Waals surface area (Å²) in [7, 11) is 0. The van der Waals surface area contributed by atoms with Gasteiger partial charge in [-0.15, -0.1) is 0 Å². The summed E-state index contributed by atoms with van der Waals surface area (Å²) in [6.45, 7) is 22.9. The van der Waals surface area contributed by atoms with E-state index in [9.17, 15) is 0 Å². The van der Waals surface area contributed by atoms with E-state index < -0.39 is 0 Å². The fourth-order valence-corrected chi connectivity index (χ4v) is 13.9. The van der Waals surface area contributed by atoms with Gasteiger partial charge in [0, 0.05) is 62.0 Å². The molecule has 0 spiro atoms. The van der Waals surface area contributed by atoms with Crippen LogP contribution in [0.2, 0.25) is 0 Å². The third-order valence-corrected chi connectivity index (χ3v) is 18.7. The van der Waals surface area contributed by atoms with Crippen molar-refractivity contribution in [2.75, 3.05) is 19.6 Å². The Hall–Kier alpha value is -10.2. The summed E-state index contributed by atoms with van der Waals surface area (Å²) < 4.78 is 0. The first kappa shape index (κ1) is 55.7. The van der Waals surface area contributed by atoms with Crippen LogP contribution < -0.4 is 19.6 Å². The summed E-state index contributed by atoms with van der Waals surface area (Å²) in [6.07, 6.45) is 0. The lowest BCUT2D eigenvalue weighted by atomic mass is 9.65. The molecule has 12 aromatic carbocycles. The van der Waals surface area contributed by atoms with E-state index in [0.29, 0.717) is 0 Å². The van der Waals surface area contributed by atoms with Gasteiger partial charge in [0.25, 0.3) is 0 Å². The summed E-state index contributed by atoms with van der Waals surface area (Å²) >= 11 is 0. The Labute approximate surface area is 520 Å². The molecule has 0 unspecified atom stereocenters. The van der Waals surface area contributed by atoms with Gasteiger partial charge in [0.1, 0.15) is 0 Å². The lowest BCUT2D eigenvalue weighted by molar-refractivity contribution is 0.598. The van der Waals surface area contributed by atoms with Gasteiger partial charge in [-0.05, 0) is 258 Å². The zero-order valence-electron chi connectivity index (χ0n) is 52.2. The van der Waals surface area contributed by atoms with Crippen LogP contribution in [-0.2, 0) is 10.8 Å². The van der Waals surface area contributed by atoms with Crippen molar-refractivity contribution in [3.8, 4) is 33.4 Å². The average molecular weight is 1140 g/mol. The Morgan fingerprint density at radius 2 is 0.545 bits per heavy atom. The van der Waals surface area contributed by atoms with Crippen LogP contribution in [-0.4, -0.2) is 0 Å². The van der Waals surface area contributed by atoms with E-state index in [-0.39, 0.29) is 10.8 Å². The standard InChI is InChI=1S/C84H74N4/c1-55-20-17-26-70(48-55)85(77-29-14-11-23-58(77)4)67-40-32-61(33-41-67)64-38-46-80-73(51-64)83(7,8)75-53-66(63-36-44-69(45-37-63)87(72-28-19-22-57(3)50-72)79-31-16-13-25-60(79)6)54-76-82(75)88(80)81-47-39-65(52-74(81)84(76,9)10)62-34-42-68(43-35-62)86(71-27-18-21-56(2)49-71)78-30-15-12-24-59(78)5/h11-54H,1-10H3. The van der Waals surface area contributed by atoms with Crippen LogP contribution >= 0.6 is 0 Å². The molecule has 0 bridgehead atoms. The number of anilines is 12. The van der Waals surface area contributed by atoms with Gasteiger partial charge in [0.2, 0.25) is 0 Å². The van der Waals surface area contributed by atoms with Gasteiger partial charge in [0.05, 0.1) is 17.1 Å². The summed E-state index contributed by atoms with van der Waals surface area (Å²) in [5, 5.41) is 0. The minimum absolute atomic E-state index is 0.374. The monoisotopic (exact) mass is 1140 g/mol. The SMILES string of the molecule is Cc1cccc(N(c2ccc(-c3ccc4c(c3)C(C)(C)c3cc(-c5ccc(N(c6cccc(C)c6)c6ccccc6C)cc5)cc5c3N4c3ccc(-c4ccc(N(c6cccc(C)c6)c6ccccc6C)cc4)cc3C5(C)C)cc2)c2ccccc2C)c1. The van der Waals surface area contributed by atoms with E-state index in [1.807, 2.05) is 0 Å². The second-order valence-electron chi connectivity index (χ2n) is 25.5. The Bertz CT molecular complexity index is 4420.